The number of hydrogen-bond donors (Lipinski definition) is 1. The molecular weight excluding hydrogens is 286 g/mol. The normalized spacial score (nSPS) is 11.4. The molecule has 0 aliphatic heterocycles. The largest absolute Gasteiger partial charge is 0.389 e. The minimum Gasteiger partial charge on any atom is -0.389 e. The molecular formula is C12H17NO4S2. The Labute approximate surface area is 118 Å². The first kappa shape index (κ1) is 16.0. The van der Waals surface area contributed by atoms with Gasteiger partial charge in [0, 0.05) is 12.7 Å². The SMILES string of the molecule is COCCOCCS(=O)(=O)c1cccc(C(N)=S)c1. The first-order valence-electron chi connectivity index (χ1n) is 5.66. The van der Waals surface area contributed by atoms with Gasteiger partial charge in [-0.1, -0.05) is 24.4 Å². The van der Waals surface area contributed by atoms with Crippen LogP contribution in [0.25, 0.3) is 0 Å². The van der Waals surface area contributed by atoms with Gasteiger partial charge in [0.1, 0.15) is 4.99 Å². The fourth-order valence-electron chi connectivity index (χ4n) is 1.37. The highest BCUT2D eigenvalue weighted by molar-refractivity contribution is 7.91. The Morgan fingerprint density at radius 3 is 2.68 bits per heavy atom. The van der Waals surface area contributed by atoms with E-state index in [1.165, 1.54) is 12.1 Å². The van der Waals surface area contributed by atoms with E-state index < -0.39 is 9.84 Å². The van der Waals surface area contributed by atoms with Crippen LogP contribution in [0.2, 0.25) is 0 Å². The second kappa shape index (κ2) is 7.54. The number of ether oxygens (including phenoxy) is 2. The Morgan fingerprint density at radius 2 is 2.05 bits per heavy atom. The van der Waals surface area contributed by atoms with Gasteiger partial charge in [-0.2, -0.15) is 0 Å². The second-order valence-electron chi connectivity index (χ2n) is 3.82. The molecule has 7 heteroatoms. The first-order valence-corrected chi connectivity index (χ1v) is 7.73. The van der Waals surface area contributed by atoms with E-state index in [4.69, 9.17) is 27.4 Å². The summed E-state index contributed by atoms with van der Waals surface area (Å²) in [5.74, 6) is -0.0858. The van der Waals surface area contributed by atoms with Gasteiger partial charge in [-0.15, -0.1) is 0 Å². The fraction of sp³-hybridized carbons (Fsp3) is 0.417. The van der Waals surface area contributed by atoms with E-state index in [9.17, 15) is 8.42 Å². The van der Waals surface area contributed by atoms with Crippen LogP contribution in [0.5, 0.6) is 0 Å². The highest BCUT2D eigenvalue weighted by Gasteiger charge is 2.15. The molecule has 0 heterocycles. The topological polar surface area (TPSA) is 78.6 Å². The molecule has 0 saturated heterocycles. The second-order valence-corrected chi connectivity index (χ2v) is 6.37. The number of nitrogens with two attached hydrogens (primary N) is 1. The van der Waals surface area contributed by atoms with Crippen LogP contribution in [0.3, 0.4) is 0 Å². The van der Waals surface area contributed by atoms with Gasteiger partial charge in [-0.25, -0.2) is 8.42 Å². The maximum Gasteiger partial charge on any atom is 0.180 e. The summed E-state index contributed by atoms with van der Waals surface area (Å²) in [5, 5.41) is 0. The molecule has 0 aromatic heterocycles. The predicted molar refractivity (Wildman–Crippen MR) is 77.1 cm³/mol. The third-order valence-corrected chi connectivity index (χ3v) is 4.32. The molecule has 0 saturated carbocycles. The van der Waals surface area contributed by atoms with Gasteiger partial charge >= 0.3 is 0 Å². The van der Waals surface area contributed by atoms with E-state index in [1.54, 1.807) is 19.2 Å². The Hall–Kier alpha value is -1.02. The monoisotopic (exact) mass is 303 g/mol. The maximum absolute atomic E-state index is 12.0. The molecule has 19 heavy (non-hydrogen) atoms. The molecule has 0 spiro atoms. The van der Waals surface area contributed by atoms with Gasteiger partial charge in [-0.05, 0) is 12.1 Å². The van der Waals surface area contributed by atoms with Gasteiger partial charge in [0.15, 0.2) is 9.84 Å². The molecule has 5 nitrogen and oxygen atoms in total. The third-order valence-electron chi connectivity index (χ3n) is 2.41. The standard InChI is InChI=1S/C12H17NO4S2/c1-16-5-6-17-7-8-19(14,15)11-4-2-3-10(9-11)12(13)18/h2-4,9H,5-8H2,1H3,(H2,13,18). The zero-order valence-corrected chi connectivity index (χ0v) is 12.3. The minimum absolute atomic E-state index is 0.0858. The number of hydrogen-bond acceptors (Lipinski definition) is 5. The molecule has 0 unspecified atom stereocenters. The quantitative estimate of drug-likeness (QED) is 0.564. The number of methoxy groups -OCH3 is 1. The Bertz CT molecular complexity index is 528. The van der Waals surface area contributed by atoms with Crippen LogP contribution in [-0.4, -0.2) is 46.1 Å². The van der Waals surface area contributed by atoms with Crippen molar-refractivity contribution in [3.8, 4) is 0 Å². The summed E-state index contributed by atoms with van der Waals surface area (Å²) in [5.41, 5.74) is 6.02. The van der Waals surface area contributed by atoms with E-state index in [-0.39, 0.29) is 22.2 Å². The lowest BCUT2D eigenvalue weighted by Crippen LogP contribution is -2.15. The molecule has 0 aliphatic rings. The molecule has 2 N–H and O–H groups in total. The van der Waals surface area contributed by atoms with Gasteiger partial charge < -0.3 is 15.2 Å². The maximum atomic E-state index is 12.0. The summed E-state index contributed by atoms with van der Waals surface area (Å²) in [4.78, 5) is 0.376. The van der Waals surface area contributed by atoms with Crippen LogP contribution < -0.4 is 5.73 Å². The van der Waals surface area contributed by atoms with E-state index in [0.29, 0.717) is 18.8 Å². The van der Waals surface area contributed by atoms with Gasteiger partial charge in [0.25, 0.3) is 0 Å². The van der Waals surface area contributed by atoms with Crippen LogP contribution in [0.4, 0.5) is 0 Å². The van der Waals surface area contributed by atoms with E-state index in [1.807, 2.05) is 0 Å². The molecule has 0 radical (unpaired) electrons. The Kier molecular flexibility index (Phi) is 6.36. The predicted octanol–water partition coefficient (Wildman–Crippen LogP) is 0.758. The van der Waals surface area contributed by atoms with Crippen LogP contribution in [0, 0.1) is 0 Å². The molecule has 1 rings (SSSR count). The number of benzene rings is 1. The summed E-state index contributed by atoms with van der Waals surface area (Å²) < 4.78 is 34.0. The number of thiocarbonyl (C=S) groups is 1. The molecule has 1 aromatic rings. The first-order chi connectivity index (χ1) is 8.97. The van der Waals surface area contributed by atoms with Crippen molar-refractivity contribution >= 4 is 27.0 Å². The lowest BCUT2D eigenvalue weighted by atomic mass is 10.2. The van der Waals surface area contributed by atoms with Crippen molar-refractivity contribution in [2.45, 2.75) is 4.90 Å². The molecule has 1 aromatic carbocycles. The zero-order chi connectivity index (χ0) is 14.3. The van der Waals surface area contributed by atoms with E-state index >= 15 is 0 Å². The lowest BCUT2D eigenvalue weighted by Gasteiger charge is -2.07. The molecule has 0 bridgehead atoms. The van der Waals surface area contributed by atoms with Gasteiger partial charge in [0.2, 0.25) is 0 Å². The number of rotatable bonds is 8. The van der Waals surface area contributed by atoms with Crippen LogP contribution in [0.1, 0.15) is 5.56 Å². The summed E-state index contributed by atoms with van der Waals surface area (Å²) in [6.45, 7) is 0.943. The smallest absolute Gasteiger partial charge is 0.180 e. The van der Waals surface area contributed by atoms with Crippen molar-refractivity contribution in [3.63, 3.8) is 0 Å². The Balaban J connectivity index is 2.66. The van der Waals surface area contributed by atoms with Crippen molar-refractivity contribution in [1.82, 2.24) is 0 Å². The van der Waals surface area contributed by atoms with Crippen molar-refractivity contribution in [3.05, 3.63) is 29.8 Å². The summed E-state index contributed by atoms with van der Waals surface area (Å²) in [7, 11) is -1.83. The van der Waals surface area contributed by atoms with Crippen LogP contribution >= 0.6 is 12.2 Å². The lowest BCUT2D eigenvalue weighted by molar-refractivity contribution is 0.0785. The highest BCUT2D eigenvalue weighted by atomic mass is 32.2. The summed E-state index contributed by atoms with van der Waals surface area (Å²) in [6.07, 6.45) is 0. The van der Waals surface area contributed by atoms with Crippen molar-refractivity contribution in [1.29, 1.82) is 0 Å². The summed E-state index contributed by atoms with van der Waals surface area (Å²) in [6, 6.07) is 6.29. The minimum atomic E-state index is -3.38. The third kappa shape index (κ3) is 5.23. The fourth-order valence-corrected chi connectivity index (χ4v) is 2.67. The number of sulfone groups is 1. The van der Waals surface area contributed by atoms with E-state index in [2.05, 4.69) is 0 Å². The molecule has 106 valence electrons. The average Bonchev–Trinajstić information content (AvgIpc) is 2.38. The van der Waals surface area contributed by atoms with Gasteiger partial charge in [0.05, 0.1) is 30.5 Å². The van der Waals surface area contributed by atoms with Gasteiger partial charge in [-0.3, -0.25) is 0 Å². The van der Waals surface area contributed by atoms with Crippen LogP contribution in [-0.2, 0) is 19.3 Å². The van der Waals surface area contributed by atoms with Crippen molar-refractivity contribution < 1.29 is 17.9 Å². The molecule has 0 atom stereocenters. The zero-order valence-electron chi connectivity index (χ0n) is 10.7. The summed E-state index contributed by atoms with van der Waals surface area (Å²) >= 11 is 4.82. The molecule has 0 aliphatic carbocycles. The van der Waals surface area contributed by atoms with Crippen molar-refractivity contribution in [2.75, 3.05) is 32.7 Å². The average molecular weight is 303 g/mol. The highest BCUT2D eigenvalue weighted by Crippen LogP contribution is 2.13. The van der Waals surface area contributed by atoms with Crippen LogP contribution in [0.15, 0.2) is 29.2 Å². The molecule has 0 amide bonds. The molecule has 0 fully saturated rings. The van der Waals surface area contributed by atoms with Crippen molar-refractivity contribution in [2.24, 2.45) is 5.73 Å². The Morgan fingerprint density at radius 1 is 1.32 bits per heavy atom. The van der Waals surface area contributed by atoms with E-state index in [0.717, 1.165) is 0 Å².